The zero-order chi connectivity index (χ0) is 53.0. The van der Waals surface area contributed by atoms with Gasteiger partial charge in [0.05, 0.1) is 34.7 Å². The van der Waals surface area contributed by atoms with Crippen molar-refractivity contribution in [2.45, 2.75) is 47.2 Å². The number of fused-ring (bicyclic) bond motifs is 2. The van der Waals surface area contributed by atoms with Gasteiger partial charge in [0.15, 0.2) is 0 Å². The molecule has 0 fully saturated rings. The fourth-order valence-electron chi connectivity index (χ4n) is 7.35. The van der Waals surface area contributed by atoms with E-state index in [1.165, 1.54) is 67.4 Å². The largest absolute Gasteiger partial charge is 0.481 e. The van der Waals surface area contributed by atoms with Gasteiger partial charge in [0.25, 0.3) is 36.3 Å². The molecule has 7 N–H and O–H groups in total. The van der Waals surface area contributed by atoms with E-state index in [-0.39, 0.29) is 88.4 Å². The molecule has 0 radical (unpaired) electrons. The monoisotopic (exact) mass is 1100 g/mol. The molecule has 72 heavy (non-hydrogen) atoms. The van der Waals surface area contributed by atoms with Gasteiger partial charge in [-0.05, 0) is 60.4 Å². The summed E-state index contributed by atoms with van der Waals surface area (Å²) in [6.45, 7) is -0.765. The molecule has 0 spiro atoms. The quantitative estimate of drug-likeness (QED) is 0.0286. The first-order chi connectivity index (χ1) is 33.6. The Bertz CT molecular complexity index is 3620. The third kappa shape index (κ3) is 13.2. The molecule has 24 nitrogen and oxygen atoms in total. The number of carboxylic acid groups (broad SMARTS) is 1. The highest BCUT2D eigenvalue weighted by Crippen LogP contribution is 2.45. The van der Waals surface area contributed by atoms with E-state index in [0.29, 0.717) is 4.31 Å². The summed E-state index contributed by atoms with van der Waals surface area (Å²) in [4.78, 5) is 29.9. The van der Waals surface area contributed by atoms with E-state index in [4.69, 9.17) is 8.70 Å². The number of rotatable bonds is 22. The number of aliphatic carboxylic acids is 1. The maximum Gasteiger partial charge on any atom is 0.360 e. The predicted octanol–water partition coefficient (Wildman–Crippen LogP) is 4.04. The summed E-state index contributed by atoms with van der Waals surface area (Å²) < 4.78 is 173. The number of carboxylic acids is 1. The number of hydrogen-bond donors (Lipinski definition) is 7. The van der Waals surface area contributed by atoms with Crippen molar-refractivity contribution >= 4 is 85.0 Å². The molecule has 1 aliphatic carbocycles. The maximum atomic E-state index is 14.3. The van der Waals surface area contributed by atoms with Crippen LogP contribution >= 0.6 is 0 Å². The average molecular weight is 1100 g/mol. The van der Waals surface area contributed by atoms with Crippen molar-refractivity contribution in [1.29, 1.82) is 0 Å². The van der Waals surface area contributed by atoms with Crippen LogP contribution in [0, 0.1) is 0 Å². The van der Waals surface area contributed by atoms with Gasteiger partial charge < -0.3 is 19.7 Å². The zero-order valence-corrected chi connectivity index (χ0v) is 41.8. The smallest absolute Gasteiger partial charge is 0.360 e. The van der Waals surface area contributed by atoms with E-state index < -0.39 is 95.5 Å². The van der Waals surface area contributed by atoms with Gasteiger partial charge in [-0.15, -0.1) is 0 Å². The number of nitrogens with one attached hydrogen (secondary N) is 2. The third-order valence-electron chi connectivity index (χ3n) is 10.7. The van der Waals surface area contributed by atoms with E-state index in [2.05, 4.69) is 10.3 Å². The van der Waals surface area contributed by atoms with Crippen LogP contribution in [0.3, 0.4) is 0 Å². The number of carbonyl (C=O) groups excluding carboxylic acids is 1. The van der Waals surface area contributed by atoms with E-state index >= 15 is 0 Å². The number of benzene rings is 5. The molecule has 0 saturated heterocycles. The van der Waals surface area contributed by atoms with Crippen LogP contribution in [0.4, 0.5) is 11.4 Å². The highest BCUT2D eigenvalue weighted by Gasteiger charge is 2.37. The Hall–Kier alpha value is -6.38. The summed E-state index contributed by atoms with van der Waals surface area (Å²) in [5.74, 6) is -1.92. The van der Waals surface area contributed by atoms with Gasteiger partial charge in [-0.3, -0.25) is 32.8 Å². The molecule has 1 heterocycles. The van der Waals surface area contributed by atoms with Crippen LogP contribution in [-0.4, -0.2) is 113 Å². The van der Waals surface area contributed by atoms with Gasteiger partial charge in [-0.2, -0.15) is 51.9 Å². The molecule has 0 unspecified atom stereocenters. The summed E-state index contributed by atoms with van der Waals surface area (Å²) in [7, 11) is -24.8. The van der Waals surface area contributed by atoms with E-state index in [1.807, 2.05) is 0 Å². The molecule has 4 aromatic rings. The standard InChI is InChI=1S/C43H45N5O19S5/c1-3-48(72(63,64)65)36-20-32-37(22-34(36)44-24-27-10-5-4-6-11-27)66-38-23-35(45-25-28-15-17-29(18-16-28)68(52,53)54)39(71(61,62)67-46-26-41(69(55,56)57)70(58,59)60)21-33(38)42(32)30-12-7-8-13-31(30)43(51)47(2)19-9-14-40(49)50/h4-8,10-13,15-18,20-23,41,44,46H,3,9,14,19,24-26H2,1-2H3,(H,49,50)(H,52,53,54)(H,55,56,57)(H,58,59,60)(H,63,64,65). The van der Waals surface area contributed by atoms with Gasteiger partial charge in [0, 0.05) is 67.3 Å². The predicted molar refractivity (Wildman–Crippen MR) is 259 cm³/mol. The van der Waals surface area contributed by atoms with Crippen LogP contribution in [0.15, 0.2) is 122 Å². The molecule has 0 bridgehead atoms. The molecule has 4 aromatic carbocycles. The molecule has 29 heteroatoms. The van der Waals surface area contributed by atoms with E-state index in [1.54, 1.807) is 35.8 Å². The van der Waals surface area contributed by atoms with Gasteiger partial charge in [0.1, 0.15) is 16.2 Å². The Labute approximate surface area is 413 Å². The highest BCUT2D eigenvalue weighted by atomic mass is 32.3. The molecular formula is C43H45N5O19S5. The number of amides is 1. The molecule has 0 saturated carbocycles. The number of hydroxylamine groups is 1. The van der Waals surface area contributed by atoms with E-state index in [9.17, 15) is 75.0 Å². The SMILES string of the molecule is CCN(c1cc2c(-c3ccccc3C(=O)N(C)CCCC(=O)O)c3cc(S(=O)(=O)ONCC(S(=O)(=O)O)S(=O)(=O)O)c(=NCc4ccc(S(=O)(=O)O)cc4)cc-3oc2cc1NCc1ccccc1)S(=O)(=O)O. The van der Waals surface area contributed by atoms with Crippen LogP contribution in [0.2, 0.25) is 0 Å². The second-order valence-electron chi connectivity index (χ2n) is 15.7. The van der Waals surface area contributed by atoms with Crippen LogP contribution in [0.1, 0.15) is 41.3 Å². The number of anilines is 2. The molecule has 386 valence electrons. The van der Waals surface area contributed by atoms with Crippen LogP contribution < -0.4 is 20.5 Å². The second kappa shape index (κ2) is 21.8. The van der Waals surface area contributed by atoms with Crippen molar-refractivity contribution in [1.82, 2.24) is 10.4 Å². The Morgan fingerprint density at radius 2 is 1.42 bits per heavy atom. The summed E-state index contributed by atoms with van der Waals surface area (Å²) in [6, 6.07) is 24.2. The summed E-state index contributed by atoms with van der Waals surface area (Å²) >= 11 is 0. The van der Waals surface area contributed by atoms with Gasteiger partial charge in [-0.25, -0.2) is 4.31 Å². The van der Waals surface area contributed by atoms with Crippen molar-refractivity contribution in [3.63, 3.8) is 0 Å². The topological polar surface area (TPSA) is 371 Å². The number of carbonyl (C=O) groups is 2. The minimum absolute atomic E-state index is 0.00814. The minimum atomic E-state index is -5.60. The molecule has 0 aromatic heterocycles. The molecule has 2 aliphatic rings. The number of hydrogen-bond acceptors (Lipinski definition) is 17. The normalized spacial score (nSPS) is 12.9. The second-order valence-corrected chi connectivity index (χ2v) is 23.5. The Kier molecular flexibility index (Phi) is 16.6. The lowest BCUT2D eigenvalue weighted by Gasteiger charge is -2.25. The van der Waals surface area contributed by atoms with Crippen molar-refractivity contribution in [3.05, 3.63) is 125 Å². The Morgan fingerprint density at radius 3 is 2.01 bits per heavy atom. The lowest BCUT2D eigenvalue weighted by atomic mass is 9.90. The fourth-order valence-corrected chi connectivity index (χ4v) is 11.3. The molecule has 1 aliphatic heterocycles. The van der Waals surface area contributed by atoms with E-state index in [0.717, 1.165) is 29.8 Å². The minimum Gasteiger partial charge on any atom is -0.481 e. The lowest BCUT2D eigenvalue weighted by molar-refractivity contribution is -0.137. The summed E-state index contributed by atoms with van der Waals surface area (Å²) in [6.07, 6.45) is -0.217. The Balaban J connectivity index is 1.70. The van der Waals surface area contributed by atoms with Crippen molar-refractivity contribution in [2.24, 2.45) is 4.99 Å². The van der Waals surface area contributed by atoms with Crippen LogP contribution in [0.5, 0.6) is 0 Å². The first-order valence-electron chi connectivity index (χ1n) is 20.9. The van der Waals surface area contributed by atoms with Crippen molar-refractivity contribution < 1.29 is 83.7 Å². The highest BCUT2D eigenvalue weighted by molar-refractivity contribution is 8.04. The summed E-state index contributed by atoms with van der Waals surface area (Å²) in [5.41, 5.74) is 2.43. The first-order valence-corrected chi connectivity index (χ1v) is 28.2. The van der Waals surface area contributed by atoms with Crippen molar-refractivity contribution in [3.8, 4) is 22.5 Å². The van der Waals surface area contributed by atoms with Crippen LogP contribution in [0.25, 0.3) is 33.4 Å². The molecule has 1 amide bonds. The third-order valence-corrected chi connectivity index (χ3v) is 16.9. The zero-order valence-electron chi connectivity index (χ0n) is 37.7. The molecule has 6 rings (SSSR count). The molecular weight excluding hydrogens is 1050 g/mol. The van der Waals surface area contributed by atoms with Gasteiger partial charge >= 0.3 is 26.4 Å². The maximum absolute atomic E-state index is 14.3. The van der Waals surface area contributed by atoms with Crippen LogP contribution in [-0.2, 0) is 72.9 Å². The molecule has 0 atom stereocenters. The first kappa shape index (κ1) is 54.9. The Morgan fingerprint density at radius 1 is 0.778 bits per heavy atom. The van der Waals surface area contributed by atoms with Crippen molar-refractivity contribution in [2.75, 3.05) is 36.3 Å². The lowest BCUT2D eigenvalue weighted by Crippen LogP contribution is -2.40. The van der Waals surface area contributed by atoms with Gasteiger partial charge in [-0.1, -0.05) is 60.7 Å². The van der Waals surface area contributed by atoms with Gasteiger partial charge in [0.2, 0.25) is 4.58 Å². The summed E-state index contributed by atoms with van der Waals surface area (Å²) in [5, 5.41) is 12.0. The average Bonchev–Trinajstić information content (AvgIpc) is 3.29. The fraction of sp³-hybridized carbons (Fsp3) is 0.233. The number of nitrogens with zero attached hydrogens (tertiary/aromatic N) is 3.